The summed E-state index contributed by atoms with van der Waals surface area (Å²) in [5, 5.41) is 0. The number of hydrogen-bond donors (Lipinski definition) is 0. The molecule has 0 saturated heterocycles. The lowest BCUT2D eigenvalue weighted by Gasteiger charge is -2.04. The zero-order valence-corrected chi connectivity index (χ0v) is 8.54. The molecule has 2 aromatic heterocycles. The van der Waals surface area contributed by atoms with Crippen molar-refractivity contribution in [3.8, 4) is 0 Å². The van der Waals surface area contributed by atoms with Crippen LogP contribution in [-0.2, 0) is 6.61 Å². The van der Waals surface area contributed by atoms with Gasteiger partial charge in [0.25, 0.3) is 0 Å². The van der Waals surface area contributed by atoms with Gasteiger partial charge in [0, 0.05) is 0 Å². The molecule has 0 amide bonds. The van der Waals surface area contributed by atoms with Gasteiger partial charge in [-0.2, -0.15) is 4.73 Å². The molecular formula is C12H10N2O2. The molecule has 80 valence electrons. The number of imidazole rings is 1. The highest BCUT2D eigenvalue weighted by molar-refractivity contribution is 5.74. The second kappa shape index (κ2) is 3.73. The summed E-state index contributed by atoms with van der Waals surface area (Å²) in [6, 6.07) is 11.5. The van der Waals surface area contributed by atoms with Crippen molar-refractivity contribution in [3.63, 3.8) is 0 Å². The number of aromatic nitrogens is 2. The third-order valence-electron chi connectivity index (χ3n) is 2.35. The maximum absolute atomic E-state index is 5.56. The Hall–Kier alpha value is -2.23. The summed E-state index contributed by atoms with van der Waals surface area (Å²) in [6.07, 6.45) is 3.29. The van der Waals surface area contributed by atoms with E-state index in [0.717, 1.165) is 16.8 Å². The van der Waals surface area contributed by atoms with Crippen molar-refractivity contribution in [2.45, 2.75) is 6.61 Å². The van der Waals surface area contributed by atoms with E-state index in [1.807, 2.05) is 36.4 Å². The quantitative estimate of drug-likeness (QED) is 0.671. The molecule has 16 heavy (non-hydrogen) atoms. The summed E-state index contributed by atoms with van der Waals surface area (Å²) >= 11 is 0. The molecular weight excluding hydrogens is 204 g/mol. The fraction of sp³-hybridized carbons (Fsp3) is 0.0833. The highest BCUT2D eigenvalue weighted by atomic mass is 16.7. The smallest absolute Gasteiger partial charge is 0.172 e. The van der Waals surface area contributed by atoms with Crippen molar-refractivity contribution in [3.05, 3.63) is 54.7 Å². The molecule has 0 fully saturated rings. The van der Waals surface area contributed by atoms with Gasteiger partial charge in [-0.3, -0.25) is 0 Å². The van der Waals surface area contributed by atoms with E-state index in [4.69, 9.17) is 9.25 Å². The lowest BCUT2D eigenvalue weighted by atomic mass is 10.3. The van der Waals surface area contributed by atoms with E-state index in [9.17, 15) is 0 Å². The predicted octanol–water partition coefficient (Wildman–Crippen LogP) is 2.26. The highest BCUT2D eigenvalue weighted by Crippen LogP contribution is 2.11. The molecule has 1 aromatic carbocycles. The number of benzene rings is 1. The molecule has 0 unspecified atom stereocenters. The van der Waals surface area contributed by atoms with Crippen molar-refractivity contribution in [2.24, 2.45) is 0 Å². The number of hydrogen-bond acceptors (Lipinski definition) is 3. The molecule has 0 aliphatic carbocycles. The number of furan rings is 1. The highest BCUT2D eigenvalue weighted by Gasteiger charge is 2.02. The van der Waals surface area contributed by atoms with Crippen LogP contribution in [-0.4, -0.2) is 9.71 Å². The van der Waals surface area contributed by atoms with Crippen LogP contribution in [0, 0.1) is 0 Å². The minimum absolute atomic E-state index is 0.396. The Morgan fingerprint density at radius 2 is 2.12 bits per heavy atom. The van der Waals surface area contributed by atoms with E-state index >= 15 is 0 Å². The zero-order valence-electron chi connectivity index (χ0n) is 8.54. The van der Waals surface area contributed by atoms with Gasteiger partial charge in [-0.1, -0.05) is 12.1 Å². The second-order valence-corrected chi connectivity index (χ2v) is 3.41. The van der Waals surface area contributed by atoms with Gasteiger partial charge in [-0.15, -0.1) is 0 Å². The van der Waals surface area contributed by atoms with Gasteiger partial charge in [-0.25, -0.2) is 4.98 Å². The molecule has 0 saturated carbocycles. The maximum atomic E-state index is 5.56. The Kier molecular flexibility index (Phi) is 2.11. The summed E-state index contributed by atoms with van der Waals surface area (Å²) in [4.78, 5) is 9.79. The molecule has 0 aliphatic rings. The third-order valence-corrected chi connectivity index (χ3v) is 2.35. The van der Waals surface area contributed by atoms with E-state index in [-0.39, 0.29) is 0 Å². The van der Waals surface area contributed by atoms with Gasteiger partial charge < -0.3 is 9.25 Å². The Labute approximate surface area is 92.0 Å². The van der Waals surface area contributed by atoms with Crippen LogP contribution >= 0.6 is 0 Å². The third kappa shape index (κ3) is 1.54. The number of para-hydroxylation sites is 2. The molecule has 3 aromatic rings. The van der Waals surface area contributed by atoms with Crippen LogP contribution in [0.15, 0.2) is 53.4 Å². The van der Waals surface area contributed by atoms with E-state index < -0.39 is 0 Å². The van der Waals surface area contributed by atoms with Crippen molar-refractivity contribution in [2.75, 3.05) is 0 Å². The van der Waals surface area contributed by atoms with Crippen LogP contribution in [0.5, 0.6) is 0 Å². The monoisotopic (exact) mass is 214 g/mol. The van der Waals surface area contributed by atoms with Gasteiger partial charge in [-0.05, 0) is 24.3 Å². The molecule has 0 spiro atoms. The van der Waals surface area contributed by atoms with Crippen LogP contribution in [0.4, 0.5) is 0 Å². The first-order chi connectivity index (χ1) is 7.93. The van der Waals surface area contributed by atoms with Crippen molar-refractivity contribution < 1.29 is 9.25 Å². The average molecular weight is 214 g/mol. The molecule has 0 bridgehead atoms. The van der Waals surface area contributed by atoms with E-state index in [0.29, 0.717) is 6.61 Å². The minimum atomic E-state index is 0.396. The Balaban J connectivity index is 1.84. The molecule has 0 N–H and O–H groups in total. The van der Waals surface area contributed by atoms with Crippen molar-refractivity contribution in [1.29, 1.82) is 0 Å². The second-order valence-electron chi connectivity index (χ2n) is 3.41. The van der Waals surface area contributed by atoms with Crippen LogP contribution < -0.4 is 4.84 Å². The molecule has 0 radical (unpaired) electrons. The Morgan fingerprint density at radius 3 is 3.00 bits per heavy atom. The lowest BCUT2D eigenvalue weighted by Crippen LogP contribution is -2.09. The summed E-state index contributed by atoms with van der Waals surface area (Å²) < 4.78 is 6.84. The molecule has 2 heterocycles. The molecule has 3 rings (SSSR count). The standard InChI is InChI=1S/C12H10N2O2/c1-2-6-12-11(5-1)13-9-14(12)16-8-10-4-3-7-15-10/h1-7,9H,8H2. The number of fused-ring (bicyclic) bond motifs is 1. The SMILES string of the molecule is c1coc(COn2cnc3ccccc32)c1. The Morgan fingerprint density at radius 1 is 1.19 bits per heavy atom. The maximum Gasteiger partial charge on any atom is 0.172 e. The van der Waals surface area contributed by atoms with Crippen LogP contribution in [0.2, 0.25) is 0 Å². The summed E-state index contributed by atoms with van der Waals surface area (Å²) in [6.45, 7) is 0.396. The first-order valence-electron chi connectivity index (χ1n) is 5.01. The number of nitrogens with zero attached hydrogens (tertiary/aromatic N) is 2. The van der Waals surface area contributed by atoms with Crippen molar-refractivity contribution in [1.82, 2.24) is 9.71 Å². The van der Waals surface area contributed by atoms with E-state index in [1.54, 1.807) is 17.3 Å². The van der Waals surface area contributed by atoms with E-state index in [2.05, 4.69) is 4.98 Å². The van der Waals surface area contributed by atoms with Gasteiger partial charge in [0.05, 0.1) is 11.8 Å². The normalized spacial score (nSPS) is 10.8. The predicted molar refractivity (Wildman–Crippen MR) is 58.7 cm³/mol. The average Bonchev–Trinajstić information content (AvgIpc) is 2.96. The molecule has 4 nitrogen and oxygen atoms in total. The van der Waals surface area contributed by atoms with Crippen LogP contribution in [0.25, 0.3) is 11.0 Å². The molecule has 0 aliphatic heterocycles. The first kappa shape index (κ1) is 9.03. The van der Waals surface area contributed by atoms with Gasteiger partial charge >= 0.3 is 0 Å². The van der Waals surface area contributed by atoms with Gasteiger partial charge in [0.2, 0.25) is 0 Å². The zero-order chi connectivity index (χ0) is 10.8. The largest absolute Gasteiger partial charge is 0.466 e. The summed E-state index contributed by atoms with van der Waals surface area (Å²) in [7, 11) is 0. The lowest BCUT2D eigenvalue weighted by molar-refractivity contribution is 0.0929. The molecule has 0 atom stereocenters. The fourth-order valence-electron chi connectivity index (χ4n) is 1.57. The van der Waals surface area contributed by atoms with Crippen molar-refractivity contribution >= 4 is 11.0 Å². The van der Waals surface area contributed by atoms with Gasteiger partial charge in [0.15, 0.2) is 6.61 Å². The Bertz CT molecular complexity index is 584. The fourth-order valence-corrected chi connectivity index (χ4v) is 1.57. The summed E-state index contributed by atoms with van der Waals surface area (Å²) in [5.41, 5.74) is 1.87. The van der Waals surface area contributed by atoms with E-state index in [1.165, 1.54) is 0 Å². The number of rotatable bonds is 3. The molecule has 4 heteroatoms. The first-order valence-corrected chi connectivity index (χ1v) is 5.01. The van der Waals surface area contributed by atoms with Crippen LogP contribution in [0.3, 0.4) is 0 Å². The summed E-state index contributed by atoms with van der Waals surface area (Å²) in [5.74, 6) is 0.790. The van der Waals surface area contributed by atoms with Crippen LogP contribution in [0.1, 0.15) is 5.76 Å². The van der Waals surface area contributed by atoms with Gasteiger partial charge in [0.1, 0.15) is 17.6 Å². The minimum Gasteiger partial charge on any atom is -0.466 e. The topological polar surface area (TPSA) is 40.2 Å².